The number of carbonyl (C=O) groups is 1. The predicted molar refractivity (Wildman–Crippen MR) is 71.0 cm³/mol. The predicted octanol–water partition coefficient (Wildman–Crippen LogP) is 2.20. The van der Waals surface area contributed by atoms with E-state index in [-0.39, 0.29) is 5.97 Å². The largest absolute Gasteiger partial charge is 0.465 e. The summed E-state index contributed by atoms with van der Waals surface area (Å²) in [7, 11) is 1.39. The minimum Gasteiger partial charge on any atom is -0.465 e. The number of imidazole rings is 1. The monoisotopic (exact) mass is 255 g/mol. The van der Waals surface area contributed by atoms with Crippen LogP contribution >= 0.6 is 0 Å². The van der Waals surface area contributed by atoms with Crippen LogP contribution in [0.2, 0.25) is 0 Å². The Morgan fingerprint density at radius 3 is 3.11 bits per heavy atom. The molecule has 0 saturated heterocycles. The van der Waals surface area contributed by atoms with Gasteiger partial charge in [0.1, 0.15) is 0 Å². The molecule has 2 heterocycles. The minimum atomic E-state index is -0.322. The topological polar surface area (TPSA) is 59.9 Å². The van der Waals surface area contributed by atoms with Gasteiger partial charge in [-0.15, -0.1) is 0 Å². The quantitative estimate of drug-likeness (QED) is 0.730. The number of nitrogens with zero attached hydrogens (tertiary/aromatic N) is 2. The summed E-state index contributed by atoms with van der Waals surface area (Å²) in [4.78, 5) is 19.0. The molecule has 0 aliphatic carbocycles. The van der Waals surface area contributed by atoms with Crippen molar-refractivity contribution in [3.63, 3.8) is 0 Å². The van der Waals surface area contributed by atoms with Crippen LogP contribution in [-0.2, 0) is 11.3 Å². The first-order valence-electron chi connectivity index (χ1n) is 5.92. The second kappa shape index (κ2) is 4.61. The van der Waals surface area contributed by atoms with E-state index in [2.05, 4.69) is 9.97 Å². The third-order valence-corrected chi connectivity index (χ3v) is 3.10. The lowest BCUT2D eigenvalue weighted by Gasteiger charge is -2.05. The van der Waals surface area contributed by atoms with Gasteiger partial charge in [0.05, 0.1) is 25.5 Å². The molecule has 5 nitrogen and oxygen atoms in total. The number of fused-ring (bicyclic) bond motifs is 1. The van der Waals surface area contributed by atoms with E-state index in [0.29, 0.717) is 12.1 Å². The van der Waals surface area contributed by atoms with Gasteiger partial charge >= 0.3 is 5.97 Å². The molecule has 19 heavy (non-hydrogen) atoms. The number of hydrogen-bond donors (Lipinski definition) is 1. The summed E-state index contributed by atoms with van der Waals surface area (Å²) in [6.07, 6.45) is 7.28. The second-order valence-electron chi connectivity index (χ2n) is 4.27. The molecule has 0 aliphatic heterocycles. The SMILES string of the molecule is COC(=O)c1cccc2[nH]cc(Cn3ccnc3)c12. The van der Waals surface area contributed by atoms with Gasteiger partial charge in [-0.1, -0.05) is 6.07 Å². The van der Waals surface area contributed by atoms with Crippen LogP contribution in [0.1, 0.15) is 15.9 Å². The molecule has 0 aliphatic rings. The smallest absolute Gasteiger partial charge is 0.338 e. The number of aromatic amines is 1. The van der Waals surface area contributed by atoms with E-state index in [4.69, 9.17) is 4.74 Å². The highest BCUT2D eigenvalue weighted by Gasteiger charge is 2.14. The van der Waals surface area contributed by atoms with Gasteiger partial charge in [0.25, 0.3) is 0 Å². The van der Waals surface area contributed by atoms with Crippen LogP contribution in [0.25, 0.3) is 10.9 Å². The summed E-state index contributed by atoms with van der Waals surface area (Å²) < 4.78 is 6.79. The summed E-state index contributed by atoms with van der Waals surface area (Å²) in [5.41, 5.74) is 2.54. The van der Waals surface area contributed by atoms with E-state index in [1.807, 2.05) is 29.1 Å². The van der Waals surface area contributed by atoms with Gasteiger partial charge in [-0.05, 0) is 17.7 Å². The lowest BCUT2D eigenvalue weighted by Crippen LogP contribution is -2.03. The van der Waals surface area contributed by atoms with Crippen molar-refractivity contribution in [1.29, 1.82) is 0 Å². The van der Waals surface area contributed by atoms with Gasteiger partial charge in [0, 0.05) is 29.5 Å². The Morgan fingerprint density at radius 2 is 2.37 bits per heavy atom. The van der Waals surface area contributed by atoms with E-state index >= 15 is 0 Å². The number of ether oxygens (including phenoxy) is 1. The van der Waals surface area contributed by atoms with Crippen LogP contribution in [0.5, 0.6) is 0 Å². The molecule has 5 heteroatoms. The molecular weight excluding hydrogens is 242 g/mol. The average Bonchev–Trinajstić information content (AvgIpc) is 3.08. The standard InChI is InChI=1S/C14H13N3O2/c1-19-14(18)11-3-2-4-12-13(11)10(7-16-12)8-17-6-5-15-9-17/h2-7,9,16H,8H2,1H3. The highest BCUT2D eigenvalue weighted by molar-refractivity contribution is 6.05. The third kappa shape index (κ3) is 1.99. The third-order valence-electron chi connectivity index (χ3n) is 3.10. The number of esters is 1. The molecular formula is C14H13N3O2. The maximum atomic E-state index is 11.8. The lowest BCUT2D eigenvalue weighted by atomic mass is 10.1. The van der Waals surface area contributed by atoms with Crippen molar-refractivity contribution < 1.29 is 9.53 Å². The maximum absolute atomic E-state index is 11.8. The van der Waals surface area contributed by atoms with Gasteiger partial charge in [0.15, 0.2) is 0 Å². The Hall–Kier alpha value is -2.56. The zero-order valence-corrected chi connectivity index (χ0v) is 10.5. The first-order valence-corrected chi connectivity index (χ1v) is 5.92. The summed E-state index contributed by atoms with van der Waals surface area (Å²) in [5, 5.41) is 0.906. The van der Waals surface area contributed by atoms with Crippen molar-refractivity contribution in [2.45, 2.75) is 6.54 Å². The van der Waals surface area contributed by atoms with Crippen molar-refractivity contribution in [3.05, 3.63) is 54.2 Å². The fourth-order valence-corrected chi connectivity index (χ4v) is 2.24. The van der Waals surface area contributed by atoms with Crippen molar-refractivity contribution in [1.82, 2.24) is 14.5 Å². The Labute approximate surface area is 109 Å². The molecule has 2 aromatic heterocycles. The van der Waals surface area contributed by atoms with Crippen LogP contribution < -0.4 is 0 Å². The number of rotatable bonds is 3. The van der Waals surface area contributed by atoms with Gasteiger partial charge in [-0.25, -0.2) is 9.78 Å². The molecule has 3 rings (SSSR count). The van der Waals surface area contributed by atoms with Crippen molar-refractivity contribution in [2.24, 2.45) is 0 Å². The summed E-state index contributed by atoms with van der Waals surface area (Å²) in [6, 6.07) is 5.56. The average molecular weight is 255 g/mol. The molecule has 0 fully saturated rings. The van der Waals surface area contributed by atoms with Crippen LogP contribution in [0, 0.1) is 0 Å². The zero-order chi connectivity index (χ0) is 13.2. The number of H-pyrrole nitrogens is 1. The van der Waals surface area contributed by atoms with E-state index in [1.54, 1.807) is 18.6 Å². The molecule has 0 atom stereocenters. The number of aromatic nitrogens is 3. The molecule has 96 valence electrons. The number of nitrogens with one attached hydrogen (secondary N) is 1. The Kier molecular flexibility index (Phi) is 2.79. The van der Waals surface area contributed by atoms with Gasteiger partial charge in [0.2, 0.25) is 0 Å². The normalized spacial score (nSPS) is 10.8. The molecule has 1 aromatic carbocycles. The van der Waals surface area contributed by atoms with Crippen molar-refractivity contribution >= 4 is 16.9 Å². The molecule has 0 bridgehead atoms. The molecule has 1 N–H and O–H groups in total. The van der Waals surface area contributed by atoms with Gasteiger partial charge in [-0.2, -0.15) is 0 Å². The Balaban J connectivity index is 2.12. The number of methoxy groups -OCH3 is 1. The Bertz CT molecular complexity index is 713. The highest BCUT2D eigenvalue weighted by Crippen LogP contribution is 2.24. The summed E-state index contributed by atoms with van der Waals surface area (Å²) in [5.74, 6) is -0.322. The molecule has 3 aromatic rings. The lowest BCUT2D eigenvalue weighted by molar-refractivity contribution is 0.0603. The summed E-state index contributed by atoms with van der Waals surface area (Å²) >= 11 is 0. The van der Waals surface area contributed by atoms with Gasteiger partial charge in [-0.3, -0.25) is 0 Å². The molecule has 0 spiro atoms. The van der Waals surface area contributed by atoms with Crippen LogP contribution in [0.4, 0.5) is 0 Å². The van der Waals surface area contributed by atoms with Crippen LogP contribution in [0.3, 0.4) is 0 Å². The molecule has 0 unspecified atom stereocenters. The molecule has 0 saturated carbocycles. The maximum Gasteiger partial charge on any atom is 0.338 e. The highest BCUT2D eigenvalue weighted by atomic mass is 16.5. The van der Waals surface area contributed by atoms with E-state index in [9.17, 15) is 4.79 Å². The van der Waals surface area contributed by atoms with E-state index in [1.165, 1.54) is 7.11 Å². The number of benzene rings is 1. The fourth-order valence-electron chi connectivity index (χ4n) is 2.24. The van der Waals surface area contributed by atoms with Crippen molar-refractivity contribution in [2.75, 3.05) is 7.11 Å². The molecule has 0 amide bonds. The fraction of sp³-hybridized carbons (Fsp3) is 0.143. The van der Waals surface area contributed by atoms with E-state index < -0.39 is 0 Å². The second-order valence-corrected chi connectivity index (χ2v) is 4.27. The Morgan fingerprint density at radius 1 is 1.47 bits per heavy atom. The number of carbonyl (C=O) groups excluding carboxylic acids is 1. The van der Waals surface area contributed by atoms with Crippen molar-refractivity contribution in [3.8, 4) is 0 Å². The van der Waals surface area contributed by atoms with E-state index in [0.717, 1.165) is 16.5 Å². The van der Waals surface area contributed by atoms with Crippen LogP contribution in [0.15, 0.2) is 43.1 Å². The zero-order valence-electron chi connectivity index (χ0n) is 10.5. The summed E-state index contributed by atoms with van der Waals surface area (Å²) in [6.45, 7) is 0.661. The molecule has 0 radical (unpaired) electrons. The van der Waals surface area contributed by atoms with Crippen LogP contribution in [-0.4, -0.2) is 27.6 Å². The number of hydrogen-bond acceptors (Lipinski definition) is 3. The first kappa shape index (κ1) is 11.5. The van der Waals surface area contributed by atoms with Gasteiger partial charge < -0.3 is 14.3 Å². The first-order chi connectivity index (χ1) is 9.29. The minimum absolute atomic E-state index is 0.322.